The number of carboxylic acid groups (broad SMARTS) is 1. The summed E-state index contributed by atoms with van der Waals surface area (Å²) >= 11 is 0. The zero-order valence-electron chi connectivity index (χ0n) is 15.3. The molecule has 0 saturated carbocycles. The number of esters is 1. The van der Waals surface area contributed by atoms with Gasteiger partial charge >= 0.3 is 12.1 Å². The summed E-state index contributed by atoms with van der Waals surface area (Å²) in [7, 11) is 1.23. The third-order valence-electron chi connectivity index (χ3n) is 5.04. The molecule has 1 N–H and O–H groups in total. The Labute approximate surface area is 151 Å². The van der Waals surface area contributed by atoms with Crippen molar-refractivity contribution in [2.24, 2.45) is 5.41 Å². The van der Waals surface area contributed by atoms with Crippen molar-refractivity contribution in [2.45, 2.75) is 45.2 Å². The van der Waals surface area contributed by atoms with Gasteiger partial charge in [0.05, 0.1) is 18.7 Å². The van der Waals surface area contributed by atoms with Crippen LogP contribution in [0.15, 0.2) is 30.4 Å². The zero-order chi connectivity index (χ0) is 19.7. The number of rotatable bonds is 3. The van der Waals surface area contributed by atoms with Crippen molar-refractivity contribution in [3.05, 3.63) is 47.5 Å². The highest BCUT2D eigenvalue weighted by molar-refractivity contribution is 5.82. The van der Waals surface area contributed by atoms with Gasteiger partial charge in [-0.3, -0.25) is 4.90 Å². The molecular formula is C19H23F2NO4. The van der Waals surface area contributed by atoms with E-state index in [1.807, 2.05) is 20.8 Å². The lowest BCUT2D eigenvalue weighted by Crippen LogP contribution is -2.55. The van der Waals surface area contributed by atoms with Crippen molar-refractivity contribution in [1.29, 1.82) is 0 Å². The van der Waals surface area contributed by atoms with E-state index >= 15 is 0 Å². The second-order valence-electron chi connectivity index (χ2n) is 7.38. The number of hydrogen-bond acceptors (Lipinski definition) is 3. The predicted octanol–water partition coefficient (Wildman–Crippen LogP) is 4.08. The maximum absolute atomic E-state index is 13.9. The lowest BCUT2D eigenvalue weighted by Gasteiger charge is -2.48. The van der Waals surface area contributed by atoms with Crippen LogP contribution in [-0.4, -0.2) is 35.2 Å². The van der Waals surface area contributed by atoms with Crippen molar-refractivity contribution in [3.8, 4) is 0 Å². The minimum Gasteiger partial charge on any atom is -0.466 e. The molecule has 1 saturated heterocycles. The van der Waals surface area contributed by atoms with E-state index in [0.717, 1.165) is 12.1 Å². The van der Waals surface area contributed by atoms with E-state index in [4.69, 9.17) is 0 Å². The standard InChI is InChI=1S/C19H23F2NO4/c1-18(2,3)19(12-5-7-14(20)15(21)11-12)10-9-13(22(19)17(24)25)6-8-16(23)26-4/h5-8,11,13H,9-10H2,1-4H3,(H,24,25)/t13-,19+/m1/s1. The molecule has 1 aromatic carbocycles. The van der Waals surface area contributed by atoms with Gasteiger partial charge in [-0.15, -0.1) is 0 Å². The van der Waals surface area contributed by atoms with Crippen LogP contribution in [0.4, 0.5) is 13.6 Å². The summed E-state index contributed by atoms with van der Waals surface area (Å²) < 4.78 is 31.9. The summed E-state index contributed by atoms with van der Waals surface area (Å²) in [5.74, 6) is -2.60. The molecule has 1 aliphatic rings. The van der Waals surface area contributed by atoms with Gasteiger partial charge in [0, 0.05) is 6.08 Å². The number of nitrogens with zero attached hydrogens (tertiary/aromatic N) is 1. The molecule has 0 bridgehead atoms. The van der Waals surface area contributed by atoms with E-state index in [0.29, 0.717) is 18.4 Å². The Kier molecular flexibility index (Phi) is 5.39. The Bertz CT molecular complexity index is 742. The van der Waals surface area contributed by atoms with E-state index in [1.165, 1.54) is 30.2 Å². The fourth-order valence-corrected chi connectivity index (χ4v) is 3.84. The number of ether oxygens (including phenoxy) is 1. The number of hydrogen-bond donors (Lipinski definition) is 1. The van der Waals surface area contributed by atoms with Crippen molar-refractivity contribution in [2.75, 3.05) is 7.11 Å². The number of likely N-dealkylation sites (tertiary alicyclic amines) is 1. The molecule has 0 aromatic heterocycles. The summed E-state index contributed by atoms with van der Waals surface area (Å²) in [5, 5.41) is 9.90. The molecule has 7 heteroatoms. The first-order valence-electron chi connectivity index (χ1n) is 8.28. The number of methoxy groups -OCH3 is 1. The fraction of sp³-hybridized carbons (Fsp3) is 0.474. The third-order valence-corrected chi connectivity index (χ3v) is 5.04. The van der Waals surface area contributed by atoms with Gasteiger partial charge in [0.25, 0.3) is 0 Å². The predicted molar refractivity (Wildman–Crippen MR) is 91.5 cm³/mol. The van der Waals surface area contributed by atoms with E-state index in [9.17, 15) is 23.5 Å². The van der Waals surface area contributed by atoms with Crippen molar-refractivity contribution in [3.63, 3.8) is 0 Å². The Morgan fingerprint density at radius 1 is 1.31 bits per heavy atom. The van der Waals surface area contributed by atoms with Gasteiger partial charge < -0.3 is 9.84 Å². The van der Waals surface area contributed by atoms with Gasteiger partial charge in [0.1, 0.15) is 0 Å². The number of halogens is 2. The summed E-state index contributed by atoms with van der Waals surface area (Å²) in [6, 6.07) is 2.91. The average molecular weight is 367 g/mol. The number of carbonyl (C=O) groups is 2. The molecule has 0 aliphatic carbocycles. The monoisotopic (exact) mass is 367 g/mol. The molecule has 1 heterocycles. The SMILES string of the molecule is COC(=O)C=C[C@@H]1CC[C@](c2ccc(F)c(F)c2)(C(C)(C)C)N1C(=O)O. The zero-order valence-corrected chi connectivity index (χ0v) is 15.3. The topological polar surface area (TPSA) is 66.8 Å². The van der Waals surface area contributed by atoms with Crippen LogP contribution in [0.1, 0.15) is 39.2 Å². The summed E-state index contributed by atoms with van der Waals surface area (Å²) in [5.41, 5.74) is -1.29. The highest BCUT2D eigenvalue weighted by Crippen LogP contribution is 2.53. The smallest absolute Gasteiger partial charge is 0.408 e. The quantitative estimate of drug-likeness (QED) is 0.646. The van der Waals surface area contributed by atoms with Crippen molar-refractivity contribution in [1.82, 2.24) is 4.90 Å². The molecule has 1 amide bonds. The van der Waals surface area contributed by atoms with E-state index in [2.05, 4.69) is 4.74 Å². The van der Waals surface area contributed by atoms with E-state index in [-0.39, 0.29) is 0 Å². The first-order chi connectivity index (χ1) is 12.0. The molecule has 2 atom stereocenters. The highest BCUT2D eigenvalue weighted by atomic mass is 19.2. The van der Waals surface area contributed by atoms with Crippen LogP contribution >= 0.6 is 0 Å². The van der Waals surface area contributed by atoms with Crippen molar-refractivity contribution >= 4 is 12.1 Å². The third kappa shape index (κ3) is 3.30. The summed E-state index contributed by atoms with van der Waals surface area (Å²) in [6.45, 7) is 5.57. The van der Waals surface area contributed by atoms with Crippen molar-refractivity contribution < 1.29 is 28.2 Å². The van der Waals surface area contributed by atoms with E-state index in [1.54, 1.807) is 0 Å². The molecule has 1 aliphatic heterocycles. The molecule has 1 fully saturated rings. The molecule has 0 unspecified atom stereocenters. The van der Waals surface area contributed by atoms with Crippen LogP contribution in [0.25, 0.3) is 0 Å². The Hall–Kier alpha value is -2.44. The maximum Gasteiger partial charge on any atom is 0.408 e. The number of carbonyl (C=O) groups excluding carboxylic acids is 1. The molecular weight excluding hydrogens is 344 g/mol. The van der Waals surface area contributed by atoms with Gasteiger partial charge in [0.15, 0.2) is 11.6 Å². The van der Waals surface area contributed by atoms with Crippen LogP contribution in [0, 0.1) is 17.0 Å². The van der Waals surface area contributed by atoms with Gasteiger partial charge in [0.2, 0.25) is 0 Å². The van der Waals surface area contributed by atoms with Crippen LogP contribution in [0.5, 0.6) is 0 Å². The normalized spacial score (nSPS) is 23.5. The average Bonchev–Trinajstić information content (AvgIpc) is 2.95. The van der Waals surface area contributed by atoms with Gasteiger partial charge in [-0.25, -0.2) is 18.4 Å². The number of benzene rings is 1. The second kappa shape index (κ2) is 7.05. The molecule has 0 spiro atoms. The van der Waals surface area contributed by atoms with Gasteiger partial charge in [-0.05, 0) is 36.0 Å². The Morgan fingerprint density at radius 3 is 2.46 bits per heavy atom. The lowest BCUT2D eigenvalue weighted by molar-refractivity contribution is -0.134. The van der Waals surface area contributed by atoms with E-state index < -0.39 is 40.7 Å². The van der Waals surface area contributed by atoms with Crippen LogP contribution in [0.2, 0.25) is 0 Å². The molecule has 26 heavy (non-hydrogen) atoms. The van der Waals surface area contributed by atoms with Gasteiger partial charge in [-0.1, -0.05) is 32.9 Å². The maximum atomic E-state index is 13.9. The van der Waals surface area contributed by atoms with Crippen LogP contribution in [0.3, 0.4) is 0 Å². The second-order valence-corrected chi connectivity index (χ2v) is 7.38. The fourth-order valence-electron chi connectivity index (χ4n) is 3.84. The molecule has 2 rings (SSSR count). The minimum absolute atomic E-state index is 0.389. The first kappa shape index (κ1) is 19.9. The Balaban J connectivity index is 2.60. The minimum atomic E-state index is -1.19. The van der Waals surface area contributed by atoms with Crippen LogP contribution < -0.4 is 0 Å². The number of amides is 1. The largest absolute Gasteiger partial charge is 0.466 e. The summed E-state index contributed by atoms with van der Waals surface area (Å²) in [6.07, 6.45) is 2.32. The highest BCUT2D eigenvalue weighted by Gasteiger charge is 2.56. The Morgan fingerprint density at radius 2 is 1.96 bits per heavy atom. The van der Waals surface area contributed by atoms with Gasteiger partial charge in [-0.2, -0.15) is 0 Å². The molecule has 5 nitrogen and oxygen atoms in total. The molecule has 1 aromatic rings. The molecule has 142 valence electrons. The molecule has 0 radical (unpaired) electrons. The lowest BCUT2D eigenvalue weighted by atomic mass is 9.67. The summed E-state index contributed by atoms with van der Waals surface area (Å²) in [4.78, 5) is 24.7. The van der Waals surface area contributed by atoms with Crippen LogP contribution in [-0.2, 0) is 15.1 Å². The first-order valence-corrected chi connectivity index (χ1v) is 8.28.